The number of thioether (sulfide) groups is 1. The molecule has 0 rings (SSSR count). The van der Waals surface area contributed by atoms with Crippen LogP contribution in [0.3, 0.4) is 0 Å². The Hall–Kier alpha value is -1.38. The van der Waals surface area contributed by atoms with Crippen molar-refractivity contribution in [1.29, 1.82) is 0 Å². The summed E-state index contributed by atoms with van der Waals surface area (Å²) in [5.74, 6) is -22.4. The van der Waals surface area contributed by atoms with Gasteiger partial charge in [-0.15, -0.1) is 0 Å². The summed E-state index contributed by atoms with van der Waals surface area (Å²) in [7, 11) is 3.29. The molecule has 5 nitrogen and oxygen atoms in total. The number of quaternary nitrogens is 1. The molecule has 0 fully saturated rings. The molecule has 0 saturated carbocycles. The first kappa shape index (κ1) is 28.6. The topological polar surface area (TPSA) is 66.4 Å². The van der Waals surface area contributed by atoms with Gasteiger partial charge in [-0.3, -0.25) is 4.79 Å². The first-order chi connectivity index (χ1) is 13.3. The lowest BCUT2D eigenvalue weighted by Gasteiger charge is -2.33. The molecule has 0 aliphatic heterocycles. The third-order valence-electron chi connectivity index (χ3n) is 3.83. The van der Waals surface area contributed by atoms with E-state index in [4.69, 9.17) is 5.11 Å². The Morgan fingerprint density at radius 2 is 1.50 bits per heavy atom. The number of nitrogens with one attached hydrogen (secondary N) is 1. The zero-order valence-electron chi connectivity index (χ0n) is 16.0. The van der Waals surface area contributed by atoms with Crippen LogP contribution in [0.25, 0.3) is 0 Å². The van der Waals surface area contributed by atoms with E-state index in [9.17, 15) is 49.1 Å². The highest BCUT2D eigenvalue weighted by Gasteiger charge is 2.81. The minimum absolute atomic E-state index is 0.104. The molecule has 178 valence electrons. The molecule has 0 bridgehead atoms. The van der Waals surface area contributed by atoms with E-state index >= 15 is 0 Å². The van der Waals surface area contributed by atoms with E-state index in [0.717, 1.165) is 0 Å². The van der Waals surface area contributed by atoms with Crippen LogP contribution in [-0.4, -0.2) is 90.6 Å². The first-order valence-corrected chi connectivity index (χ1v) is 9.51. The van der Waals surface area contributed by atoms with Gasteiger partial charge in [0, 0.05) is 19.4 Å². The van der Waals surface area contributed by atoms with Gasteiger partial charge in [-0.2, -0.15) is 51.3 Å². The quantitative estimate of drug-likeness (QED) is 0.241. The van der Waals surface area contributed by atoms with Crippen LogP contribution in [-0.2, 0) is 9.59 Å². The lowest BCUT2D eigenvalue weighted by atomic mass is 10.0. The molecule has 0 radical (unpaired) electrons. The average Bonchev–Trinajstić information content (AvgIpc) is 2.53. The predicted molar refractivity (Wildman–Crippen MR) is 89.9 cm³/mol. The predicted octanol–water partition coefficient (Wildman–Crippen LogP) is 3.25. The zero-order chi connectivity index (χ0) is 24.0. The summed E-state index contributed by atoms with van der Waals surface area (Å²) < 4.78 is 114. The van der Waals surface area contributed by atoms with Gasteiger partial charge in [-0.25, -0.2) is 4.79 Å². The van der Waals surface area contributed by atoms with Crippen LogP contribution in [0.2, 0.25) is 0 Å². The Bertz CT molecular complexity index is 598. The lowest BCUT2D eigenvalue weighted by molar-refractivity contribution is -0.883. The van der Waals surface area contributed by atoms with Crippen molar-refractivity contribution in [2.24, 2.45) is 0 Å². The average molecular weight is 481 g/mol. The Kier molecular flexibility index (Phi) is 9.81. The molecular formula is C15H22F9N2O3S+. The number of carbonyl (C=O) groups excluding carboxylic acids is 1. The molecular weight excluding hydrogens is 459 g/mol. The number of halogens is 9. The van der Waals surface area contributed by atoms with Crippen molar-refractivity contribution in [3.8, 4) is 0 Å². The number of hydrogen-bond acceptors (Lipinski definition) is 3. The van der Waals surface area contributed by atoms with Crippen LogP contribution < -0.4 is 5.32 Å². The van der Waals surface area contributed by atoms with Crippen LogP contribution in [0.15, 0.2) is 0 Å². The van der Waals surface area contributed by atoms with Gasteiger partial charge in [-0.1, -0.05) is 0 Å². The highest BCUT2D eigenvalue weighted by molar-refractivity contribution is 7.99. The zero-order valence-corrected chi connectivity index (χ0v) is 16.8. The van der Waals surface area contributed by atoms with Crippen molar-refractivity contribution < 1.29 is 58.7 Å². The molecule has 0 aliphatic rings. The number of alkyl halides is 9. The maximum atomic E-state index is 13.3. The van der Waals surface area contributed by atoms with Gasteiger partial charge < -0.3 is 14.9 Å². The monoisotopic (exact) mass is 481 g/mol. The third-order valence-corrected chi connectivity index (χ3v) is 4.79. The van der Waals surface area contributed by atoms with Gasteiger partial charge in [0.05, 0.1) is 26.4 Å². The van der Waals surface area contributed by atoms with Gasteiger partial charge in [0.2, 0.25) is 5.91 Å². The smallest absolute Gasteiger partial charge is 0.460 e. The molecule has 0 aromatic carbocycles. The van der Waals surface area contributed by atoms with E-state index in [1.165, 1.54) is 0 Å². The highest BCUT2D eigenvalue weighted by Crippen LogP contribution is 2.54. The second-order valence-corrected chi connectivity index (χ2v) is 8.17. The minimum Gasteiger partial charge on any atom is -0.477 e. The van der Waals surface area contributed by atoms with Crippen molar-refractivity contribution in [3.05, 3.63) is 0 Å². The van der Waals surface area contributed by atoms with Crippen molar-refractivity contribution in [3.63, 3.8) is 0 Å². The molecule has 0 unspecified atom stereocenters. The Labute approximate surface area is 170 Å². The van der Waals surface area contributed by atoms with E-state index in [2.05, 4.69) is 5.32 Å². The number of likely N-dealkylation sites (N-methyl/N-ethyl adjacent to an activating group) is 1. The van der Waals surface area contributed by atoms with Gasteiger partial charge >= 0.3 is 29.9 Å². The van der Waals surface area contributed by atoms with Gasteiger partial charge in [0.15, 0.2) is 6.54 Å². The van der Waals surface area contributed by atoms with E-state index in [-0.39, 0.29) is 17.6 Å². The second-order valence-electron chi connectivity index (χ2n) is 7.07. The number of carbonyl (C=O) groups is 2. The summed E-state index contributed by atoms with van der Waals surface area (Å²) in [5, 5.41) is 11.1. The fourth-order valence-electron chi connectivity index (χ4n) is 2.16. The SMILES string of the molecule is C[N+](C)(CCCNC(=O)CSCCC(F)(F)C(F)(F)C(F)(F)C(F)(F)F)CC(=O)O. The summed E-state index contributed by atoms with van der Waals surface area (Å²) >= 11 is 0.361. The van der Waals surface area contributed by atoms with E-state index in [1.54, 1.807) is 14.1 Å². The molecule has 0 aromatic rings. The van der Waals surface area contributed by atoms with E-state index < -0.39 is 53.7 Å². The maximum Gasteiger partial charge on any atom is 0.460 e. The van der Waals surface area contributed by atoms with Crippen molar-refractivity contribution in [2.75, 3.05) is 45.2 Å². The number of amides is 1. The molecule has 2 N–H and O–H groups in total. The molecule has 0 saturated heterocycles. The van der Waals surface area contributed by atoms with Gasteiger partial charge in [0.1, 0.15) is 0 Å². The van der Waals surface area contributed by atoms with E-state index in [1.807, 2.05) is 0 Å². The molecule has 0 aliphatic carbocycles. The van der Waals surface area contributed by atoms with Crippen LogP contribution in [0, 0.1) is 0 Å². The molecule has 1 amide bonds. The van der Waals surface area contributed by atoms with Gasteiger partial charge in [0.25, 0.3) is 0 Å². The fraction of sp³-hybridized carbons (Fsp3) is 0.867. The lowest BCUT2D eigenvalue weighted by Crippen LogP contribution is -2.60. The Balaban J connectivity index is 4.38. The van der Waals surface area contributed by atoms with Crippen molar-refractivity contribution in [2.45, 2.75) is 36.8 Å². The number of carboxylic acids is 1. The summed E-state index contributed by atoms with van der Waals surface area (Å²) in [4.78, 5) is 22.2. The third kappa shape index (κ3) is 8.04. The first-order valence-electron chi connectivity index (χ1n) is 8.35. The highest BCUT2D eigenvalue weighted by atomic mass is 32.2. The molecule has 0 spiro atoms. The molecule has 0 heterocycles. The van der Waals surface area contributed by atoms with Gasteiger partial charge in [-0.05, 0) is 5.75 Å². The number of nitrogens with zero attached hydrogens (tertiary/aromatic N) is 1. The number of rotatable bonds is 13. The molecule has 30 heavy (non-hydrogen) atoms. The van der Waals surface area contributed by atoms with Crippen LogP contribution in [0.1, 0.15) is 12.8 Å². The fourth-order valence-corrected chi connectivity index (χ4v) is 2.99. The normalized spacial score (nSPS) is 14.0. The van der Waals surface area contributed by atoms with Crippen molar-refractivity contribution in [1.82, 2.24) is 5.32 Å². The van der Waals surface area contributed by atoms with E-state index in [0.29, 0.717) is 24.7 Å². The molecule has 0 aromatic heterocycles. The van der Waals surface area contributed by atoms with Crippen LogP contribution in [0.4, 0.5) is 39.5 Å². The number of carboxylic acid groups (broad SMARTS) is 1. The Morgan fingerprint density at radius 3 is 1.97 bits per heavy atom. The maximum absolute atomic E-state index is 13.3. The molecule has 0 atom stereocenters. The largest absolute Gasteiger partial charge is 0.477 e. The van der Waals surface area contributed by atoms with Crippen molar-refractivity contribution >= 4 is 23.6 Å². The van der Waals surface area contributed by atoms with Crippen LogP contribution >= 0.6 is 11.8 Å². The number of aliphatic carboxylic acids is 1. The summed E-state index contributed by atoms with van der Waals surface area (Å²) in [6.45, 7) is 0.331. The standard InChI is InChI=1S/C15H21F9N2O3S/c1-26(2,8-11(28)29)6-3-5-25-10(27)9-30-7-4-12(16,17)13(18,19)14(20,21)15(22,23)24/h3-9H2,1-2H3,(H-,25,27,28,29)/p+1. The summed E-state index contributed by atoms with van der Waals surface area (Å²) in [6.07, 6.45) is -8.48. The Morgan fingerprint density at radius 1 is 0.967 bits per heavy atom. The second kappa shape index (κ2) is 10.3. The summed E-state index contributed by atoms with van der Waals surface area (Å²) in [5.41, 5.74) is 0. The minimum atomic E-state index is -6.92. The molecule has 15 heteroatoms. The summed E-state index contributed by atoms with van der Waals surface area (Å²) in [6, 6.07) is 0. The number of hydrogen-bond donors (Lipinski definition) is 2. The van der Waals surface area contributed by atoms with Crippen LogP contribution in [0.5, 0.6) is 0 Å².